The largest absolute Gasteiger partial charge is 0.486 e. The molecule has 0 unspecified atom stereocenters. The lowest BCUT2D eigenvalue weighted by Gasteiger charge is -2.26. The summed E-state index contributed by atoms with van der Waals surface area (Å²) in [6.45, 7) is 2.54. The first-order valence-electron chi connectivity index (χ1n) is 4.26. The molecule has 1 heterocycles. The Morgan fingerprint density at radius 2 is 2.38 bits per heavy atom. The number of para-hydroxylation sites is 1. The molecule has 13 heavy (non-hydrogen) atoms. The van der Waals surface area contributed by atoms with E-state index in [4.69, 9.17) is 21.1 Å². The first kappa shape index (κ1) is 8.70. The lowest BCUT2D eigenvalue weighted by atomic mass is 10.2. The second-order valence-corrected chi connectivity index (χ2v) is 3.42. The van der Waals surface area contributed by atoms with Crippen LogP contribution in [0.15, 0.2) is 18.2 Å². The summed E-state index contributed by atoms with van der Waals surface area (Å²) in [4.78, 5) is 0. The Labute approximate surface area is 82.4 Å². The molecule has 2 rings (SSSR count). The van der Waals surface area contributed by atoms with Crippen molar-refractivity contribution < 1.29 is 9.47 Å². The number of fused-ring (bicyclic) bond motifs is 1. The van der Waals surface area contributed by atoms with E-state index >= 15 is 0 Å². The molecule has 1 atom stereocenters. The van der Waals surface area contributed by atoms with Gasteiger partial charge in [-0.15, -0.1) is 11.6 Å². The number of ether oxygens (including phenoxy) is 2. The fourth-order valence-electron chi connectivity index (χ4n) is 1.35. The van der Waals surface area contributed by atoms with Crippen molar-refractivity contribution in [3.63, 3.8) is 0 Å². The molecule has 2 nitrogen and oxygen atoms in total. The van der Waals surface area contributed by atoms with Gasteiger partial charge in [-0.2, -0.15) is 0 Å². The van der Waals surface area contributed by atoms with Gasteiger partial charge in [-0.25, -0.2) is 0 Å². The molecule has 0 bridgehead atoms. The zero-order chi connectivity index (χ0) is 9.26. The van der Waals surface area contributed by atoms with Crippen LogP contribution in [0.1, 0.15) is 5.56 Å². The van der Waals surface area contributed by atoms with Gasteiger partial charge in [0.1, 0.15) is 12.7 Å². The molecule has 1 aliphatic heterocycles. The maximum absolute atomic E-state index is 5.69. The minimum Gasteiger partial charge on any atom is -0.486 e. The van der Waals surface area contributed by atoms with Crippen LogP contribution >= 0.6 is 11.6 Å². The molecule has 0 aromatic heterocycles. The molecule has 1 aliphatic rings. The van der Waals surface area contributed by atoms with Gasteiger partial charge in [-0.05, 0) is 18.6 Å². The highest BCUT2D eigenvalue weighted by Crippen LogP contribution is 2.34. The molecular weight excluding hydrogens is 188 g/mol. The molecule has 0 radical (unpaired) electrons. The molecular formula is C10H11ClO2. The van der Waals surface area contributed by atoms with Crippen molar-refractivity contribution in [2.75, 3.05) is 12.5 Å². The van der Waals surface area contributed by atoms with Gasteiger partial charge in [0, 0.05) is 0 Å². The smallest absolute Gasteiger partial charge is 0.164 e. The monoisotopic (exact) mass is 198 g/mol. The zero-order valence-electron chi connectivity index (χ0n) is 7.42. The highest BCUT2D eigenvalue weighted by molar-refractivity contribution is 6.18. The maximum atomic E-state index is 5.69. The van der Waals surface area contributed by atoms with E-state index in [2.05, 4.69) is 0 Å². The van der Waals surface area contributed by atoms with Gasteiger partial charge in [-0.1, -0.05) is 12.1 Å². The van der Waals surface area contributed by atoms with Crippen molar-refractivity contribution in [3.05, 3.63) is 23.8 Å². The second-order valence-electron chi connectivity index (χ2n) is 3.11. The minimum atomic E-state index is -0.0183. The summed E-state index contributed by atoms with van der Waals surface area (Å²) in [5.41, 5.74) is 1.09. The van der Waals surface area contributed by atoms with Crippen molar-refractivity contribution in [2.45, 2.75) is 13.0 Å². The molecule has 1 aromatic carbocycles. The zero-order valence-corrected chi connectivity index (χ0v) is 8.17. The standard InChI is InChI=1S/C10H11ClO2/c1-7-3-2-4-9-10(7)13-8(5-11)6-12-9/h2-4,8H,5-6H2,1H3/t8-/m0/s1. The molecule has 1 aromatic rings. The Bertz CT molecular complexity index is 312. The lowest BCUT2D eigenvalue weighted by molar-refractivity contribution is 0.105. The molecule has 0 aliphatic carbocycles. The quantitative estimate of drug-likeness (QED) is 0.645. The highest BCUT2D eigenvalue weighted by Gasteiger charge is 2.20. The highest BCUT2D eigenvalue weighted by atomic mass is 35.5. The molecule has 3 heteroatoms. The predicted molar refractivity (Wildman–Crippen MR) is 51.8 cm³/mol. The molecule has 70 valence electrons. The summed E-state index contributed by atoms with van der Waals surface area (Å²) in [6, 6.07) is 5.87. The fraction of sp³-hybridized carbons (Fsp3) is 0.400. The van der Waals surface area contributed by atoms with Gasteiger partial charge in [0.05, 0.1) is 5.88 Å². The average Bonchev–Trinajstić information content (AvgIpc) is 2.18. The normalized spacial score (nSPS) is 20.0. The van der Waals surface area contributed by atoms with Gasteiger partial charge in [0.2, 0.25) is 0 Å². The Kier molecular flexibility index (Phi) is 2.32. The van der Waals surface area contributed by atoms with Crippen LogP contribution in [0.4, 0.5) is 0 Å². The summed E-state index contributed by atoms with van der Waals surface area (Å²) < 4.78 is 11.2. The summed E-state index contributed by atoms with van der Waals surface area (Å²) in [6.07, 6.45) is -0.0183. The number of rotatable bonds is 1. The third-order valence-corrected chi connectivity index (χ3v) is 2.40. The summed E-state index contributed by atoms with van der Waals surface area (Å²) in [5, 5.41) is 0. The van der Waals surface area contributed by atoms with Crippen LogP contribution in [-0.4, -0.2) is 18.6 Å². The third kappa shape index (κ3) is 1.59. The number of alkyl halides is 1. The fourth-order valence-corrected chi connectivity index (χ4v) is 1.50. The van der Waals surface area contributed by atoms with Gasteiger partial charge in [0.25, 0.3) is 0 Å². The van der Waals surface area contributed by atoms with E-state index in [9.17, 15) is 0 Å². The Balaban J connectivity index is 2.32. The van der Waals surface area contributed by atoms with Gasteiger partial charge >= 0.3 is 0 Å². The molecule has 0 fully saturated rings. The summed E-state index contributed by atoms with van der Waals surface area (Å²) in [5.74, 6) is 2.12. The SMILES string of the molecule is Cc1cccc2c1O[C@@H](CCl)CO2. The first-order chi connectivity index (χ1) is 6.31. The number of hydrogen-bond donors (Lipinski definition) is 0. The number of halogens is 1. The van der Waals surface area contributed by atoms with E-state index in [0.717, 1.165) is 17.1 Å². The van der Waals surface area contributed by atoms with E-state index in [0.29, 0.717) is 12.5 Å². The first-order valence-corrected chi connectivity index (χ1v) is 4.79. The topological polar surface area (TPSA) is 18.5 Å². The van der Waals surface area contributed by atoms with E-state index in [-0.39, 0.29) is 6.10 Å². The van der Waals surface area contributed by atoms with Crippen molar-refractivity contribution in [2.24, 2.45) is 0 Å². The second kappa shape index (κ2) is 3.46. The number of benzene rings is 1. The van der Waals surface area contributed by atoms with Gasteiger partial charge < -0.3 is 9.47 Å². The van der Waals surface area contributed by atoms with Crippen LogP contribution in [0.25, 0.3) is 0 Å². The van der Waals surface area contributed by atoms with E-state index in [1.807, 2.05) is 25.1 Å². The number of hydrogen-bond acceptors (Lipinski definition) is 2. The molecule has 0 saturated heterocycles. The Morgan fingerprint density at radius 3 is 3.15 bits per heavy atom. The van der Waals surface area contributed by atoms with Gasteiger partial charge in [0.15, 0.2) is 11.5 Å². The number of aryl methyl sites for hydroxylation is 1. The van der Waals surface area contributed by atoms with Crippen LogP contribution in [0.2, 0.25) is 0 Å². The van der Waals surface area contributed by atoms with Crippen molar-refractivity contribution >= 4 is 11.6 Å². The molecule has 0 saturated carbocycles. The van der Waals surface area contributed by atoms with E-state index in [1.165, 1.54) is 0 Å². The van der Waals surface area contributed by atoms with Crippen LogP contribution in [0, 0.1) is 6.92 Å². The van der Waals surface area contributed by atoms with E-state index < -0.39 is 0 Å². The lowest BCUT2D eigenvalue weighted by Crippen LogP contribution is -2.30. The Morgan fingerprint density at radius 1 is 1.54 bits per heavy atom. The predicted octanol–water partition coefficient (Wildman–Crippen LogP) is 2.37. The minimum absolute atomic E-state index is 0.0183. The molecule has 0 amide bonds. The average molecular weight is 199 g/mol. The van der Waals surface area contributed by atoms with Gasteiger partial charge in [-0.3, -0.25) is 0 Å². The Hall–Kier alpha value is -0.890. The molecule has 0 N–H and O–H groups in total. The maximum Gasteiger partial charge on any atom is 0.164 e. The van der Waals surface area contributed by atoms with E-state index in [1.54, 1.807) is 0 Å². The van der Waals surface area contributed by atoms with Crippen LogP contribution in [0.5, 0.6) is 11.5 Å². The van der Waals surface area contributed by atoms with Crippen molar-refractivity contribution in [3.8, 4) is 11.5 Å². The van der Waals surface area contributed by atoms with Crippen molar-refractivity contribution in [1.82, 2.24) is 0 Å². The summed E-state index contributed by atoms with van der Waals surface area (Å²) in [7, 11) is 0. The summed E-state index contributed by atoms with van der Waals surface area (Å²) >= 11 is 5.69. The van der Waals surface area contributed by atoms with Crippen LogP contribution in [0.3, 0.4) is 0 Å². The van der Waals surface area contributed by atoms with Crippen molar-refractivity contribution in [1.29, 1.82) is 0 Å². The van der Waals surface area contributed by atoms with Crippen LogP contribution < -0.4 is 9.47 Å². The molecule has 0 spiro atoms. The van der Waals surface area contributed by atoms with Crippen LogP contribution in [-0.2, 0) is 0 Å². The third-order valence-electron chi connectivity index (χ3n) is 2.06.